The molecule has 8 heteroatoms. The van der Waals surface area contributed by atoms with Gasteiger partial charge < -0.3 is 14.7 Å². The molecule has 2 aliphatic heterocycles. The van der Waals surface area contributed by atoms with Gasteiger partial charge in [-0.3, -0.25) is 0 Å². The first-order valence-electron chi connectivity index (χ1n) is 10.2. The van der Waals surface area contributed by atoms with Crippen LogP contribution in [0.15, 0.2) is 12.1 Å². The van der Waals surface area contributed by atoms with Crippen LogP contribution >= 0.6 is 11.6 Å². The highest BCUT2D eigenvalue weighted by molar-refractivity contribution is 6.32. The van der Waals surface area contributed by atoms with E-state index in [0.29, 0.717) is 10.6 Å². The van der Waals surface area contributed by atoms with Gasteiger partial charge in [0.05, 0.1) is 16.3 Å². The molecule has 0 radical (unpaired) electrons. The Morgan fingerprint density at radius 2 is 1.41 bits per heavy atom. The summed E-state index contributed by atoms with van der Waals surface area (Å²) in [6.45, 7) is 9.08. The molecule has 0 unspecified atom stereocenters. The summed E-state index contributed by atoms with van der Waals surface area (Å²) in [5.41, 5.74) is 2.14. The molecule has 4 heterocycles. The lowest BCUT2D eigenvalue weighted by molar-refractivity contribution is 0.570. The highest BCUT2D eigenvalue weighted by atomic mass is 35.5. The molecule has 7 nitrogen and oxygen atoms in total. The zero-order chi connectivity index (χ0) is 20.4. The minimum absolute atomic E-state index is 0.569. The summed E-state index contributed by atoms with van der Waals surface area (Å²) in [6, 6.07) is 6.44. The minimum atomic E-state index is 0.569. The van der Waals surface area contributed by atoms with Crippen molar-refractivity contribution < 1.29 is 0 Å². The van der Waals surface area contributed by atoms with Gasteiger partial charge in [-0.15, -0.1) is 10.2 Å². The smallest absolute Gasteiger partial charge is 0.151 e. The predicted octanol–water partition coefficient (Wildman–Crippen LogP) is 3.33. The van der Waals surface area contributed by atoms with E-state index < -0.39 is 0 Å². The third-order valence-electron chi connectivity index (χ3n) is 5.85. The Morgan fingerprint density at radius 1 is 0.862 bits per heavy atom. The van der Waals surface area contributed by atoms with E-state index in [9.17, 15) is 5.26 Å². The zero-order valence-corrected chi connectivity index (χ0v) is 17.8. The largest absolute Gasteiger partial charge is 0.355 e. The number of rotatable bonds is 3. The third kappa shape index (κ3) is 3.95. The molecule has 0 amide bonds. The van der Waals surface area contributed by atoms with Gasteiger partial charge in [-0.1, -0.05) is 11.6 Å². The van der Waals surface area contributed by atoms with Gasteiger partial charge in [0.1, 0.15) is 11.9 Å². The second-order valence-electron chi connectivity index (χ2n) is 7.72. The van der Waals surface area contributed by atoms with E-state index in [2.05, 4.69) is 48.1 Å². The Kier molecular flexibility index (Phi) is 5.72. The van der Waals surface area contributed by atoms with Crippen molar-refractivity contribution in [2.45, 2.75) is 33.1 Å². The maximum atomic E-state index is 9.60. The molecule has 29 heavy (non-hydrogen) atoms. The first kappa shape index (κ1) is 19.7. The topological polar surface area (TPSA) is 72.2 Å². The molecule has 0 atom stereocenters. The van der Waals surface area contributed by atoms with Crippen LogP contribution in [0.5, 0.6) is 0 Å². The Balaban J connectivity index is 1.44. The molecule has 2 aromatic rings. The third-order valence-corrected chi connectivity index (χ3v) is 6.41. The van der Waals surface area contributed by atoms with Crippen LogP contribution < -0.4 is 14.7 Å². The average Bonchev–Trinajstić information content (AvgIpc) is 2.78. The van der Waals surface area contributed by atoms with Gasteiger partial charge >= 0.3 is 0 Å². The average molecular weight is 412 g/mol. The summed E-state index contributed by atoms with van der Waals surface area (Å²) in [5, 5.41) is 19.1. The molecular weight excluding hydrogens is 386 g/mol. The highest BCUT2D eigenvalue weighted by Crippen LogP contribution is 2.30. The number of nitrogens with zero attached hydrogens (tertiary/aromatic N) is 7. The monoisotopic (exact) mass is 411 g/mol. The number of anilines is 3. The van der Waals surface area contributed by atoms with Gasteiger partial charge in [-0.2, -0.15) is 5.26 Å². The van der Waals surface area contributed by atoms with Gasteiger partial charge in [-0.25, -0.2) is 4.98 Å². The zero-order valence-electron chi connectivity index (χ0n) is 17.0. The molecule has 2 fully saturated rings. The molecule has 2 aromatic heterocycles. The van der Waals surface area contributed by atoms with Crippen molar-refractivity contribution in [3.63, 3.8) is 0 Å². The molecule has 152 valence electrons. The molecule has 0 bridgehead atoms. The lowest BCUT2D eigenvalue weighted by atomic mass is 10.1. The van der Waals surface area contributed by atoms with Crippen LogP contribution in [0.3, 0.4) is 0 Å². The fraction of sp³-hybridized carbons (Fsp3) is 0.524. The number of piperidine rings is 1. The lowest BCUT2D eigenvalue weighted by Gasteiger charge is -2.36. The first-order valence-corrected chi connectivity index (χ1v) is 10.6. The van der Waals surface area contributed by atoms with E-state index in [-0.39, 0.29) is 0 Å². The second kappa shape index (κ2) is 8.42. The van der Waals surface area contributed by atoms with E-state index in [4.69, 9.17) is 11.6 Å². The number of aryl methyl sites for hydroxylation is 1. The van der Waals surface area contributed by atoms with Crippen LogP contribution in [-0.2, 0) is 0 Å². The van der Waals surface area contributed by atoms with E-state index in [1.165, 1.54) is 19.3 Å². The lowest BCUT2D eigenvalue weighted by Crippen LogP contribution is -2.47. The summed E-state index contributed by atoms with van der Waals surface area (Å²) in [4.78, 5) is 11.3. The molecule has 2 saturated heterocycles. The van der Waals surface area contributed by atoms with Crippen molar-refractivity contribution in [1.29, 1.82) is 5.26 Å². The van der Waals surface area contributed by atoms with Gasteiger partial charge in [-0.05, 0) is 50.8 Å². The van der Waals surface area contributed by atoms with E-state index in [0.717, 1.165) is 68.0 Å². The number of hydrogen-bond donors (Lipinski definition) is 0. The summed E-state index contributed by atoms with van der Waals surface area (Å²) >= 11 is 6.29. The Morgan fingerprint density at radius 3 is 1.97 bits per heavy atom. The molecular formula is C21H26ClN7. The summed E-state index contributed by atoms with van der Waals surface area (Å²) in [5.74, 6) is 2.61. The Labute approximate surface area is 176 Å². The Bertz CT molecular complexity index is 908. The molecule has 0 aromatic carbocycles. The molecule has 0 saturated carbocycles. The predicted molar refractivity (Wildman–Crippen MR) is 116 cm³/mol. The van der Waals surface area contributed by atoms with Crippen LogP contribution in [0, 0.1) is 25.2 Å². The van der Waals surface area contributed by atoms with Crippen molar-refractivity contribution in [2.24, 2.45) is 0 Å². The van der Waals surface area contributed by atoms with Crippen molar-refractivity contribution in [1.82, 2.24) is 15.2 Å². The van der Waals surface area contributed by atoms with Crippen LogP contribution in [0.25, 0.3) is 0 Å². The first-order chi connectivity index (χ1) is 14.1. The standard InChI is InChI=1S/C21H26ClN7/c1-15-17(14-23)21(24-16(2)20(15)22)29-12-10-28(11-13-29)19-7-6-18(25-26-19)27-8-4-3-5-9-27/h6-7H,3-5,8-13H2,1-2H3. The van der Waals surface area contributed by atoms with Gasteiger partial charge in [0.2, 0.25) is 0 Å². The van der Waals surface area contributed by atoms with Crippen molar-refractivity contribution in [3.05, 3.63) is 34.0 Å². The number of piperazine rings is 1. The van der Waals surface area contributed by atoms with E-state index >= 15 is 0 Å². The van der Waals surface area contributed by atoms with Crippen LogP contribution in [-0.4, -0.2) is 54.4 Å². The van der Waals surface area contributed by atoms with Crippen LogP contribution in [0.1, 0.15) is 36.1 Å². The molecule has 2 aliphatic rings. The maximum absolute atomic E-state index is 9.60. The van der Waals surface area contributed by atoms with Crippen LogP contribution in [0.2, 0.25) is 5.02 Å². The highest BCUT2D eigenvalue weighted by Gasteiger charge is 2.24. The normalized spacial score (nSPS) is 17.4. The SMILES string of the molecule is Cc1nc(N2CCN(c3ccc(N4CCCCC4)nn3)CC2)c(C#N)c(C)c1Cl. The minimum Gasteiger partial charge on any atom is -0.355 e. The quantitative estimate of drug-likeness (QED) is 0.766. The Hall–Kier alpha value is -2.59. The summed E-state index contributed by atoms with van der Waals surface area (Å²) in [6.07, 6.45) is 3.77. The fourth-order valence-electron chi connectivity index (χ4n) is 4.10. The van der Waals surface area contributed by atoms with Gasteiger partial charge in [0.15, 0.2) is 11.6 Å². The summed E-state index contributed by atoms with van der Waals surface area (Å²) < 4.78 is 0. The molecule has 4 rings (SSSR count). The number of halogens is 1. The van der Waals surface area contributed by atoms with E-state index in [1.54, 1.807) is 0 Å². The van der Waals surface area contributed by atoms with Gasteiger partial charge in [0.25, 0.3) is 0 Å². The number of hydrogen-bond acceptors (Lipinski definition) is 7. The number of nitriles is 1. The molecule has 0 N–H and O–H groups in total. The van der Waals surface area contributed by atoms with Gasteiger partial charge in [0, 0.05) is 39.3 Å². The van der Waals surface area contributed by atoms with Crippen molar-refractivity contribution >= 4 is 29.1 Å². The van der Waals surface area contributed by atoms with Crippen LogP contribution in [0.4, 0.5) is 17.5 Å². The molecule has 0 aliphatic carbocycles. The number of pyridine rings is 1. The summed E-state index contributed by atoms with van der Waals surface area (Å²) in [7, 11) is 0. The fourth-order valence-corrected chi connectivity index (χ4v) is 4.24. The maximum Gasteiger partial charge on any atom is 0.151 e. The molecule has 0 spiro atoms. The number of aromatic nitrogens is 3. The van der Waals surface area contributed by atoms with Crippen molar-refractivity contribution in [3.8, 4) is 6.07 Å². The second-order valence-corrected chi connectivity index (χ2v) is 8.10. The van der Waals surface area contributed by atoms with Crippen molar-refractivity contribution in [2.75, 3.05) is 54.0 Å². The van der Waals surface area contributed by atoms with E-state index in [1.807, 2.05) is 13.8 Å².